The lowest BCUT2D eigenvalue weighted by molar-refractivity contribution is -0.137. The predicted molar refractivity (Wildman–Crippen MR) is 80.6 cm³/mol. The van der Waals surface area contributed by atoms with E-state index < -0.39 is 5.97 Å². The minimum atomic E-state index is -0.872. The molecule has 1 aromatic carbocycles. The van der Waals surface area contributed by atoms with E-state index in [9.17, 15) is 9.59 Å². The number of fused-ring (bicyclic) bond motifs is 1. The second kappa shape index (κ2) is 6.54. The Balaban J connectivity index is 2.26. The number of pyridine rings is 1. The molecule has 5 nitrogen and oxygen atoms in total. The van der Waals surface area contributed by atoms with Crippen LogP contribution in [0.3, 0.4) is 0 Å². The zero-order valence-electron chi connectivity index (χ0n) is 11.5. The maximum atomic E-state index is 12.5. The summed E-state index contributed by atoms with van der Waals surface area (Å²) in [5, 5.41) is 9.70. The molecule has 21 heavy (non-hydrogen) atoms. The quantitative estimate of drug-likeness (QED) is 0.922. The van der Waals surface area contributed by atoms with Crippen LogP contribution in [0, 0.1) is 0 Å². The Morgan fingerprint density at radius 1 is 1.33 bits per heavy atom. The van der Waals surface area contributed by atoms with Gasteiger partial charge in [0.25, 0.3) is 5.91 Å². The Hall–Kier alpha value is -2.14. The molecule has 110 valence electrons. The lowest BCUT2D eigenvalue weighted by Crippen LogP contribution is -2.28. The lowest BCUT2D eigenvalue weighted by Gasteiger charge is -2.18. The SMILES string of the molecule is CN(CCCC(=O)O)C(=O)c1c(Cl)ccc2ncccc12. The van der Waals surface area contributed by atoms with Gasteiger partial charge in [-0.1, -0.05) is 17.7 Å². The summed E-state index contributed by atoms with van der Waals surface area (Å²) in [4.78, 5) is 28.7. The van der Waals surface area contributed by atoms with Crippen molar-refractivity contribution < 1.29 is 14.7 Å². The van der Waals surface area contributed by atoms with Crippen LogP contribution in [0.4, 0.5) is 0 Å². The summed E-state index contributed by atoms with van der Waals surface area (Å²) in [7, 11) is 1.63. The molecule has 0 saturated heterocycles. The number of hydrogen-bond acceptors (Lipinski definition) is 3. The van der Waals surface area contributed by atoms with Crippen LogP contribution in [0.2, 0.25) is 5.02 Å². The number of carboxylic acid groups (broad SMARTS) is 1. The minimum absolute atomic E-state index is 0.0302. The zero-order valence-corrected chi connectivity index (χ0v) is 12.3. The lowest BCUT2D eigenvalue weighted by atomic mass is 10.1. The van der Waals surface area contributed by atoms with Gasteiger partial charge in [-0.3, -0.25) is 14.6 Å². The number of carbonyl (C=O) groups is 2. The smallest absolute Gasteiger partial charge is 0.303 e. The van der Waals surface area contributed by atoms with Crippen molar-refractivity contribution in [3.63, 3.8) is 0 Å². The highest BCUT2D eigenvalue weighted by Gasteiger charge is 2.18. The molecule has 0 saturated carbocycles. The van der Waals surface area contributed by atoms with Gasteiger partial charge in [-0.25, -0.2) is 0 Å². The van der Waals surface area contributed by atoms with Gasteiger partial charge in [-0.05, 0) is 24.6 Å². The molecule has 0 fully saturated rings. The van der Waals surface area contributed by atoms with E-state index >= 15 is 0 Å². The maximum Gasteiger partial charge on any atom is 0.303 e. The first-order chi connectivity index (χ1) is 10.0. The average Bonchev–Trinajstić information content (AvgIpc) is 2.46. The van der Waals surface area contributed by atoms with Crippen molar-refractivity contribution in [2.45, 2.75) is 12.8 Å². The third-order valence-electron chi connectivity index (χ3n) is 3.18. The average molecular weight is 307 g/mol. The topological polar surface area (TPSA) is 70.5 Å². The van der Waals surface area contributed by atoms with Crippen LogP contribution in [0.15, 0.2) is 30.5 Å². The van der Waals surface area contributed by atoms with Crippen molar-refractivity contribution in [3.8, 4) is 0 Å². The van der Waals surface area contributed by atoms with Crippen molar-refractivity contribution in [1.82, 2.24) is 9.88 Å². The number of amides is 1. The van der Waals surface area contributed by atoms with Crippen LogP contribution < -0.4 is 0 Å². The fraction of sp³-hybridized carbons (Fsp3) is 0.267. The van der Waals surface area contributed by atoms with Gasteiger partial charge in [0.05, 0.1) is 16.1 Å². The zero-order chi connectivity index (χ0) is 15.4. The van der Waals surface area contributed by atoms with Crippen molar-refractivity contribution in [2.75, 3.05) is 13.6 Å². The molecule has 0 atom stereocenters. The van der Waals surface area contributed by atoms with Gasteiger partial charge in [0, 0.05) is 31.6 Å². The summed E-state index contributed by atoms with van der Waals surface area (Å²) in [6.45, 7) is 0.359. The molecular weight excluding hydrogens is 292 g/mol. The van der Waals surface area contributed by atoms with Crippen molar-refractivity contribution in [2.24, 2.45) is 0 Å². The maximum absolute atomic E-state index is 12.5. The van der Waals surface area contributed by atoms with Crippen molar-refractivity contribution in [1.29, 1.82) is 0 Å². The van der Waals surface area contributed by atoms with Crippen molar-refractivity contribution >= 4 is 34.4 Å². The monoisotopic (exact) mass is 306 g/mol. The second-order valence-corrected chi connectivity index (χ2v) is 5.12. The highest BCUT2D eigenvalue weighted by atomic mass is 35.5. The molecule has 0 aliphatic heterocycles. The van der Waals surface area contributed by atoms with Crippen LogP contribution in [0.25, 0.3) is 10.9 Å². The van der Waals surface area contributed by atoms with Gasteiger partial charge in [0.1, 0.15) is 0 Å². The van der Waals surface area contributed by atoms with Gasteiger partial charge >= 0.3 is 5.97 Å². The highest BCUT2D eigenvalue weighted by molar-refractivity contribution is 6.35. The Morgan fingerprint density at radius 2 is 2.10 bits per heavy atom. The number of aromatic nitrogens is 1. The van der Waals surface area contributed by atoms with Gasteiger partial charge in [-0.15, -0.1) is 0 Å². The highest BCUT2D eigenvalue weighted by Crippen LogP contribution is 2.26. The Labute approximate surface area is 127 Å². The van der Waals surface area contributed by atoms with E-state index in [1.165, 1.54) is 4.90 Å². The number of carboxylic acids is 1. The fourth-order valence-corrected chi connectivity index (χ4v) is 2.35. The molecule has 2 aromatic rings. The van der Waals surface area contributed by atoms with Crippen LogP contribution in [-0.2, 0) is 4.79 Å². The van der Waals surface area contributed by atoms with E-state index in [0.29, 0.717) is 34.5 Å². The molecule has 0 bridgehead atoms. The van der Waals surface area contributed by atoms with E-state index in [0.717, 1.165) is 0 Å². The van der Waals surface area contributed by atoms with Gasteiger partial charge in [0.15, 0.2) is 0 Å². The Bertz CT molecular complexity index is 688. The van der Waals surface area contributed by atoms with Crippen LogP contribution in [-0.4, -0.2) is 40.5 Å². The number of nitrogens with zero attached hydrogens (tertiary/aromatic N) is 2. The summed E-state index contributed by atoms with van der Waals surface area (Å²) in [6, 6.07) is 6.96. The van der Waals surface area contributed by atoms with Crippen molar-refractivity contribution in [3.05, 3.63) is 41.0 Å². The number of aliphatic carboxylic acids is 1. The molecule has 2 rings (SSSR count). The number of carbonyl (C=O) groups excluding carboxylic acids is 1. The molecule has 0 unspecified atom stereocenters. The first-order valence-electron chi connectivity index (χ1n) is 6.51. The summed E-state index contributed by atoms with van der Waals surface area (Å²) in [5.41, 5.74) is 1.10. The molecule has 1 aromatic heterocycles. The number of rotatable bonds is 5. The standard InChI is InChI=1S/C15H15ClN2O3/c1-18(9-3-5-13(19)20)15(21)14-10-4-2-8-17-12(10)7-6-11(14)16/h2,4,6-8H,3,5,9H2,1H3,(H,19,20). The number of hydrogen-bond donors (Lipinski definition) is 1. The minimum Gasteiger partial charge on any atom is -0.481 e. The molecule has 1 amide bonds. The van der Waals surface area contributed by atoms with Gasteiger partial charge in [0.2, 0.25) is 0 Å². The van der Waals surface area contributed by atoms with E-state index in [-0.39, 0.29) is 12.3 Å². The van der Waals surface area contributed by atoms with E-state index in [1.807, 2.05) is 0 Å². The van der Waals surface area contributed by atoms with Gasteiger partial charge < -0.3 is 10.0 Å². The molecule has 0 aliphatic carbocycles. The molecule has 6 heteroatoms. The Morgan fingerprint density at radius 3 is 2.81 bits per heavy atom. The van der Waals surface area contributed by atoms with Crippen LogP contribution >= 0.6 is 11.6 Å². The molecule has 0 spiro atoms. The molecule has 0 aliphatic rings. The Kier molecular flexibility index (Phi) is 4.75. The second-order valence-electron chi connectivity index (χ2n) is 4.72. The largest absolute Gasteiger partial charge is 0.481 e. The third-order valence-corrected chi connectivity index (χ3v) is 3.49. The summed E-state index contributed by atoms with van der Waals surface area (Å²) in [5.74, 6) is -1.10. The first kappa shape index (κ1) is 15.3. The number of halogens is 1. The van der Waals surface area contributed by atoms with E-state index in [1.54, 1.807) is 37.5 Å². The molecule has 1 N–H and O–H groups in total. The summed E-state index contributed by atoms with van der Waals surface area (Å²) in [6.07, 6.45) is 2.09. The molecule has 1 heterocycles. The van der Waals surface area contributed by atoms with E-state index in [2.05, 4.69) is 4.98 Å². The number of benzene rings is 1. The molecular formula is C15H15ClN2O3. The summed E-state index contributed by atoms with van der Waals surface area (Å²) >= 11 is 6.16. The van der Waals surface area contributed by atoms with Crippen LogP contribution in [0.1, 0.15) is 23.2 Å². The third kappa shape index (κ3) is 3.49. The van der Waals surface area contributed by atoms with Gasteiger partial charge in [-0.2, -0.15) is 0 Å². The van der Waals surface area contributed by atoms with E-state index in [4.69, 9.17) is 16.7 Å². The first-order valence-corrected chi connectivity index (χ1v) is 6.89. The predicted octanol–water partition coefficient (Wildman–Crippen LogP) is 2.83. The van der Waals surface area contributed by atoms with Crippen LogP contribution in [0.5, 0.6) is 0 Å². The normalized spacial score (nSPS) is 10.6. The fourth-order valence-electron chi connectivity index (χ4n) is 2.10. The summed E-state index contributed by atoms with van der Waals surface area (Å²) < 4.78 is 0. The molecule has 0 radical (unpaired) electrons.